The molecule has 1 atom stereocenters. The molecule has 0 saturated carbocycles. The zero-order valence-corrected chi connectivity index (χ0v) is 19.6. The second-order valence-corrected chi connectivity index (χ2v) is 9.41. The molecule has 4 heteroatoms. The van der Waals surface area contributed by atoms with Gasteiger partial charge in [-0.25, -0.2) is 0 Å². The van der Waals surface area contributed by atoms with Crippen molar-refractivity contribution in [1.29, 1.82) is 0 Å². The lowest BCUT2D eigenvalue weighted by molar-refractivity contribution is 0.150. The fourth-order valence-electron chi connectivity index (χ4n) is 5.04. The van der Waals surface area contributed by atoms with Crippen LogP contribution in [0.4, 0.5) is 0 Å². The van der Waals surface area contributed by atoms with E-state index < -0.39 is 0 Å². The maximum Gasteiger partial charge on any atom is 0.123 e. The molecule has 5 rings (SSSR count). The Balaban J connectivity index is 1.40. The molecule has 0 radical (unpaired) electrons. The monoisotopic (exact) mass is 453 g/mol. The Bertz CT molecular complexity index is 1260. The summed E-state index contributed by atoms with van der Waals surface area (Å²) in [5.41, 5.74) is 4.47. The smallest absolute Gasteiger partial charge is 0.123 e. The molecule has 1 aliphatic heterocycles. The Hall–Kier alpha value is -3.50. The summed E-state index contributed by atoms with van der Waals surface area (Å²) in [5, 5.41) is 22.0. The number of hydrogen-bond donors (Lipinski definition) is 2. The third-order valence-corrected chi connectivity index (χ3v) is 6.84. The molecule has 4 aromatic rings. The third-order valence-electron chi connectivity index (χ3n) is 6.84. The number of benzene rings is 4. The first-order valence-corrected chi connectivity index (χ1v) is 12.0. The standard InChI is InChI=1S/C30H31NO3/c1-31-17-3-4-22(19-31)20-34-25-13-7-21(8-14-25)18-29-26(23-9-11-24(32)12-10-23)15-16-28-27(29)5-2-6-30(28)33/h2,5-16,22,32-33H,3-4,17-20H2,1H3. The van der Waals surface area contributed by atoms with Gasteiger partial charge in [-0.15, -0.1) is 0 Å². The van der Waals surface area contributed by atoms with Gasteiger partial charge < -0.3 is 19.8 Å². The van der Waals surface area contributed by atoms with Crippen LogP contribution in [0, 0.1) is 5.92 Å². The summed E-state index contributed by atoms with van der Waals surface area (Å²) in [5.74, 6) is 2.04. The number of nitrogens with zero attached hydrogens (tertiary/aromatic N) is 1. The SMILES string of the molecule is CN1CCCC(COc2ccc(Cc3c(-c4ccc(O)cc4)ccc4c(O)cccc34)cc2)C1. The molecule has 0 aliphatic carbocycles. The summed E-state index contributed by atoms with van der Waals surface area (Å²) >= 11 is 0. The van der Waals surface area contributed by atoms with Crippen LogP contribution in [0.5, 0.6) is 17.2 Å². The van der Waals surface area contributed by atoms with E-state index in [4.69, 9.17) is 4.74 Å². The number of rotatable bonds is 6. The topological polar surface area (TPSA) is 52.9 Å². The first-order valence-electron chi connectivity index (χ1n) is 12.0. The van der Waals surface area contributed by atoms with E-state index in [1.807, 2.05) is 24.3 Å². The minimum atomic E-state index is 0.249. The number of piperidine rings is 1. The van der Waals surface area contributed by atoms with Crippen LogP contribution in [0.25, 0.3) is 21.9 Å². The molecular weight excluding hydrogens is 422 g/mol. The Kier molecular flexibility index (Phi) is 6.41. The van der Waals surface area contributed by atoms with Crippen molar-refractivity contribution in [2.75, 3.05) is 26.7 Å². The van der Waals surface area contributed by atoms with Crippen LogP contribution in [-0.4, -0.2) is 41.9 Å². The summed E-state index contributed by atoms with van der Waals surface area (Å²) in [6.07, 6.45) is 3.20. The molecule has 1 saturated heterocycles. The zero-order valence-electron chi connectivity index (χ0n) is 19.6. The Morgan fingerprint density at radius 2 is 1.68 bits per heavy atom. The van der Waals surface area contributed by atoms with Crippen LogP contribution in [0.2, 0.25) is 0 Å². The highest BCUT2D eigenvalue weighted by Gasteiger charge is 2.18. The van der Waals surface area contributed by atoms with Gasteiger partial charge in [0.05, 0.1) is 6.61 Å². The van der Waals surface area contributed by atoms with E-state index in [0.717, 1.165) is 52.8 Å². The first kappa shape index (κ1) is 22.3. The average molecular weight is 454 g/mol. The van der Waals surface area contributed by atoms with E-state index in [0.29, 0.717) is 5.92 Å². The van der Waals surface area contributed by atoms with Gasteiger partial charge in [0.25, 0.3) is 0 Å². The van der Waals surface area contributed by atoms with Crippen molar-refractivity contribution in [3.63, 3.8) is 0 Å². The van der Waals surface area contributed by atoms with Crippen molar-refractivity contribution >= 4 is 10.8 Å². The van der Waals surface area contributed by atoms with Gasteiger partial charge in [0, 0.05) is 17.8 Å². The second-order valence-electron chi connectivity index (χ2n) is 9.41. The number of fused-ring (bicyclic) bond motifs is 1. The Morgan fingerprint density at radius 1 is 0.882 bits per heavy atom. The van der Waals surface area contributed by atoms with Gasteiger partial charge >= 0.3 is 0 Å². The van der Waals surface area contributed by atoms with E-state index in [1.54, 1.807) is 18.2 Å². The molecule has 0 bridgehead atoms. The van der Waals surface area contributed by atoms with Crippen LogP contribution in [0.3, 0.4) is 0 Å². The molecule has 0 spiro atoms. The average Bonchev–Trinajstić information content (AvgIpc) is 2.85. The molecule has 1 fully saturated rings. The molecule has 0 amide bonds. The molecule has 2 N–H and O–H groups in total. The summed E-state index contributed by atoms with van der Waals surface area (Å²) in [6, 6.07) is 25.4. The minimum Gasteiger partial charge on any atom is -0.508 e. The second kappa shape index (κ2) is 9.78. The number of phenolic OH excluding ortho intramolecular Hbond substituents is 2. The van der Waals surface area contributed by atoms with E-state index >= 15 is 0 Å². The quantitative estimate of drug-likeness (QED) is 0.363. The molecular formula is C30H31NO3. The molecule has 1 aliphatic rings. The summed E-state index contributed by atoms with van der Waals surface area (Å²) in [7, 11) is 2.18. The van der Waals surface area contributed by atoms with Gasteiger partial charge in [-0.3, -0.25) is 0 Å². The molecule has 34 heavy (non-hydrogen) atoms. The van der Waals surface area contributed by atoms with Crippen molar-refractivity contribution in [3.8, 4) is 28.4 Å². The van der Waals surface area contributed by atoms with Gasteiger partial charge in [0.1, 0.15) is 17.2 Å². The van der Waals surface area contributed by atoms with Gasteiger partial charge in [-0.2, -0.15) is 0 Å². The summed E-state index contributed by atoms with van der Waals surface area (Å²) in [4.78, 5) is 2.38. The number of phenols is 2. The third kappa shape index (κ3) is 4.87. The summed E-state index contributed by atoms with van der Waals surface area (Å²) in [6.45, 7) is 3.05. The van der Waals surface area contributed by atoms with Crippen molar-refractivity contribution in [3.05, 3.63) is 90.0 Å². The van der Waals surface area contributed by atoms with Crippen LogP contribution >= 0.6 is 0 Å². The molecule has 1 heterocycles. The molecule has 174 valence electrons. The normalized spacial score (nSPS) is 16.6. The van der Waals surface area contributed by atoms with E-state index in [2.05, 4.69) is 48.3 Å². The van der Waals surface area contributed by atoms with Crippen LogP contribution in [0.15, 0.2) is 78.9 Å². The number of aromatic hydroxyl groups is 2. The van der Waals surface area contributed by atoms with Gasteiger partial charge in [-0.1, -0.05) is 48.5 Å². The van der Waals surface area contributed by atoms with E-state index in [1.165, 1.54) is 24.9 Å². The number of likely N-dealkylation sites (tertiary alicyclic amines) is 1. The largest absolute Gasteiger partial charge is 0.508 e. The Labute approximate surface area is 201 Å². The predicted octanol–water partition coefficient (Wildman–Crippen LogP) is 6.23. The predicted molar refractivity (Wildman–Crippen MR) is 138 cm³/mol. The lowest BCUT2D eigenvalue weighted by Gasteiger charge is -2.29. The van der Waals surface area contributed by atoms with Crippen molar-refractivity contribution in [2.24, 2.45) is 5.92 Å². The Morgan fingerprint density at radius 3 is 2.44 bits per heavy atom. The lowest BCUT2D eigenvalue weighted by Crippen LogP contribution is -2.34. The van der Waals surface area contributed by atoms with E-state index in [9.17, 15) is 10.2 Å². The van der Waals surface area contributed by atoms with Crippen LogP contribution in [0.1, 0.15) is 24.0 Å². The number of hydrogen-bond acceptors (Lipinski definition) is 4. The van der Waals surface area contributed by atoms with Crippen molar-refractivity contribution in [1.82, 2.24) is 4.90 Å². The van der Waals surface area contributed by atoms with E-state index in [-0.39, 0.29) is 11.5 Å². The highest BCUT2D eigenvalue weighted by atomic mass is 16.5. The van der Waals surface area contributed by atoms with Gasteiger partial charge in [0.2, 0.25) is 0 Å². The molecule has 4 aromatic carbocycles. The van der Waals surface area contributed by atoms with Crippen molar-refractivity contribution in [2.45, 2.75) is 19.3 Å². The molecule has 1 unspecified atom stereocenters. The molecule has 4 nitrogen and oxygen atoms in total. The maximum atomic E-state index is 10.4. The van der Waals surface area contributed by atoms with Gasteiger partial charge in [-0.05, 0) is 90.8 Å². The number of ether oxygens (including phenoxy) is 1. The fraction of sp³-hybridized carbons (Fsp3) is 0.267. The summed E-state index contributed by atoms with van der Waals surface area (Å²) < 4.78 is 6.11. The zero-order chi connectivity index (χ0) is 23.5. The fourth-order valence-corrected chi connectivity index (χ4v) is 5.04. The van der Waals surface area contributed by atoms with Crippen LogP contribution < -0.4 is 4.74 Å². The highest BCUT2D eigenvalue weighted by Crippen LogP contribution is 2.36. The van der Waals surface area contributed by atoms with Crippen molar-refractivity contribution < 1.29 is 14.9 Å². The minimum absolute atomic E-state index is 0.249. The lowest BCUT2D eigenvalue weighted by atomic mass is 9.90. The van der Waals surface area contributed by atoms with Crippen LogP contribution in [-0.2, 0) is 6.42 Å². The molecule has 0 aromatic heterocycles. The maximum absolute atomic E-state index is 10.4. The first-order chi connectivity index (χ1) is 16.6. The van der Waals surface area contributed by atoms with Gasteiger partial charge in [0.15, 0.2) is 0 Å². The highest BCUT2D eigenvalue weighted by molar-refractivity contribution is 5.95.